The molecule has 0 aromatic heterocycles. The Morgan fingerprint density at radius 1 is 1.29 bits per heavy atom. The molecule has 0 radical (unpaired) electrons. The quantitative estimate of drug-likeness (QED) is 0.580. The monoisotopic (exact) mass is 368 g/mol. The van der Waals surface area contributed by atoms with Crippen LogP contribution >= 0.6 is 23.2 Å². The molecule has 0 spiro atoms. The van der Waals surface area contributed by atoms with E-state index in [1.54, 1.807) is 25.2 Å². The van der Waals surface area contributed by atoms with Crippen LogP contribution in [-0.2, 0) is 9.53 Å². The van der Waals surface area contributed by atoms with Gasteiger partial charge in [0.1, 0.15) is 17.1 Å². The summed E-state index contributed by atoms with van der Waals surface area (Å²) in [5.74, 6) is -0.867. The molecule has 1 heterocycles. The molecule has 6 heteroatoms. The molecule has 128 valence electrons. The third-order valence-electron chi connectivity index (χ3n) is 3.68. The summed E-state index contributed by atoms with van der Waals surface area (Å²) in [5.41, 5.74) is 1.22. The molecule has 1 aliphatic heterocycles. The number of carbonyl (C=O) groups excluding carboxylic acids is 1. The summed E-state index contributed by atoms with van der Waals surface area (Å²) in [6, 6.07) is 1.09. The van der Waals surface area contributed by atoms with E-state index in [1.807, 2.05) is 13.8 Å². The molecule has 4 nitrogen and oxygen atoms in total. The fourth-order valence-corrected chi connectivity index (χ4v) is 3.27. The Kier molecular flexibility index (Phi) is 5.31. The lowest BCUT2D eigenvalue weighted by Crippen LogP contribution is -2.32. The predicted molar refractivity (Wildman–Crippen MR) is 95.5 cm³/mol. The highest BCUT2D eigenvalue weighted by molar-refractivity contribution is 6.39. The minimum atomic E-state index is -0.721. The molecule has 0 fully saturated rings. The van der Waals surface area contributed by atoms with Crippen molar-refractivity contribution in [3.63, 3.8) is 0 Å². The number of hydrogen-bond donors (Lipinski definition) is 2. The Morgan fingerprint density at radius 3 is 2.42 bits per heavy atom. The molecular formula is C18H18Cl2O4. The van der Waals surface area contributed by atoms with Crippen molar-refractivity contribution in [3.05, 3.63) is 51.6 Å². The van der Waals surface area contributed by atoms with Gasteiger partial charge in [-0.3, -0.25) is 0 Å². The molecule has 2 N–H and O–H groups in total. The number of phenolic OH excluding ortho intramolecular Hbond substituents is 2. The predicted octanol–water partition coefficient (Wildman–Crippen LogP) is 5.02. The Balaban J connectivity index is 2.30. The number of benzene rings is 1. The van der Waals surface area contributed by atoms with Crippen LogP contribution < -0.4 is 0 Å². The second-order valence-electron chi connectivity index (χ2n) is 6.03. The van der Waals surface area contributed by atoms with E-state index in [9.17, 15) is 15.0 Å². The summed E-state index contributed by atoms with van der Waals surface area (Å²) >= 11 is 12.1. The highest BCUT2D eigenvalue weighted by Crippen LogP contribution is 2.42. The van der Waals surface area contributed by atoms with Gasteiger partial charge in [-0.25, -0.2) is 4.79 Å². The van der Waals surface area contributed by atoms with Crippen molar-refractivity contribution in [1.82, 2.24) is 0 Å². The van der Waals surface area contributed by atoms with Crippen LogP contribution in [-0.4, -0.2) is 21.8 Å². The van der Waals surface area contributed by atoms with Crippen molar-refractivity contribution in [1.29, 1.82) is 0 Å². The SMILES string of the molecule is CC1=CC(=O)OC(C)(/C=C/C=C(\C)c2c(Cl)c(O)cc(O)c2Cl)C1. The topological polar surface area (TPSA) is 66.8 Å². The van der Waals surface area contributed by atoms with E-state index in [1.165, 1.54) is 6.08 Å². The number of rotatable bonds is 3. The average molecular weight is 369 g/mol. The number of allylic oxidation sites excluding steroid dienone is 3. The van der Waals surface area contributed by atoms with Crippen LogP contribution in [0.25, 0.3) is 5.57 Å². The summed E-state index contributed by atoms with van der Waals surface area (Å²) in [4.78, 5) is 11.5. The summed E-state index contributed by atoms with van der Waals surface area (Å²) < 4.78 is 5.35. The van der Waals surface area contributed by atoms with Crippen molar-refractivity contribution in [2.75, 3.05) is 0 Å². The maximum Gasteiger partial charge on any atom is 0.331 e. The molecule has 0 saturated carbocycles. The molecule has 1 atom stereocenters. The minimum absolute atomic E-state index is 0.0639. The van der Waals surface area contributed by atoms with Crippen LogP contribution in [0.15, 0.2) is 35.9 Å². The van der Waals surface area contributed by atoms with Crippen LogP contribution in [0.1, 0.15) is 32.8 Å². The second-order valence-corrected chi connectivity index (χ2v) is 6.78. The van der Waals surface area contributed by atoms with Gasteiger partial charge in [-0.05, 0) is 32.4 Å². The number of ether oxygens (including phenoxy) is 1. The zero-order chi connectivity index (χ0) is 18.1. The molecular weight excluding hydrogens is 351 g/mol. The van der Waals surface area contributed by atoms with Gasteiger partial charge in [-0.15, -0.1) is 0 Å². The van der Waals surface area contributed by atoms with Gasteiger partial charge in [0.25, 0.3) is 0 Å². The van der Waals surface area contributed by atoms with Gasteiger partial charge < -0.3 is 14.9 Å². The van der Waals surface area contributed by atoms with E-state index >= 15 is 0 Å². The molecule has 0 aliphatic carbocycles. The Hall–Kier alpha value is -1.91. The van der Waals surface area contributed by atoms with Crippen LogP contribution in [0.2, 0.25) is 10.0 Å². The number of phenols is 2. The first kappa shape index (κ1) is 18.4. The fraction of sp³-hybridized carbons (Fsp3) is 0.278. The molecule has 24 heavy (non-hydrogen) atoms. The largest absolute Gasteiger partial charge is 0.506 e. The van der Waals surface area contributed by atoms with Crippen molar-refractivity contribution < 1.29 is 19.7 Å². The normalized spacial score (nSPS) is 21.8. The van der Waals surface area contributed by atoms with Crippen LogP contribution in [0.3, 0.4) is 0 Å². The maximum absolute atomic E-state index is 11.5. The van der Waals surface area contributed by atoms with E-state index in [4.69, 9.17) is 27.9 Å². The van der Waals surface area contributed by atoms with Gasteiger partial charge >= 0.3 is 5.97 Å². The number of esters is 1. The Labute approximate surface area is 150 Å². The first-order chi connectivity index (χ1) is 11.1. The molecule has 0 saturated heterocycles. The lowest BCUT2D eigenvalue weighted by molar-refractivity contribution is -0.149. The lowest BCUT2D eigenvalue weighted by Gasteiger charge is -2.29. The average Bonchev–Trinajstić information content (AvgIpc) is 2.43. The Morgan fingerprint density at radius 2 is 1.88 bits per heavy atom. The summed E-state index contributed by atoms with van der Waals surface area (Å²) in [5, 5.41) is 19.6. The smallest absolute Gasteiger partial charge is 0.331 e. The van der Waals surface area contributed by atoms with E-state index in [-0.39, 0.29) is 27.5 Å². The maximum atomic E-state index is 11.5. The van der Waals surface area contributed by atoms with E-state index in [0.717, 1.165) is 11.6 Å². The molecule has 1 aliphatic rings. The molecule has 0 bridgehead atoms. The first-order valence-electron chi connectivity index (χ1n) is 7.29. The molecule has 1 aromatic rings. The van der Waals surface area contributed by atoms with Gasteiger partial charge in [-0.2, -0.15) is 0 Å². The van der Waals surface area contributed by atoms with Crippen molar-refractivity contribution in [3.8, 4) is 11.5 Å². The summed E-state index contributed by atoms with van der Waals surface area (Å²) in [6.45, 7) is 5.44. The first-order valence-corrected chi connectivity index (χ1v) is 8.05. The summed E-state index contributed by atoms with van der Waals surface area (Å²) in [7, 11) is 0. The van der Waals surface area contributed by atoms with Gasteiger partial charge in [0.15, 0.2) is 0 Å². The van der Waals surface area contributed by atoms with Crippen molar-refractivity contribution >= 4 is 34.7 Å². The zero-order valence-corrected chi connectivity index (χ0v) is 15.1. The zero-order valence-electron chi connectivity index (χ0n) is 13.6. The van der Waals surface area contributed by atoms with Crippen molar-refractivity contribution in [2.24, 2.45) is 0 Å². The number of carbonyl (C=O) groups is 1. The second kappa shape index (κ2) is 6.91. The van der Waals surface area contributed by atoms with Crippen LogP contribution in [0.5, 0.6) is 11.5 Å². The third-order valence-corrected chi connectivity index (χ3v) is 4.44. The lowest BCUT2D eigenvalue weighted by atomic mass is 9.93. The highest BCUT2D eigenvalue weighted by Gasteiger charge is 2.29. The van der Waals surface area contributed by atoms with Gasteiger partial charge in [0.05, 0.1) is 10.0 Å². The van der Waals surface area contributed by atoms with E-state index in [2.05, 4.69) is 0 Å². The fourth-order valence-electron chi connectivity index (χ4n) is 2.63. The number of cyclic esters (lactones) is 1. The van der Waals surface area contributed by atoms with Gasteiger partial charge in [0, 0.05) is 24.1 Å². The van der Waals surface area contributed by atoms with Crippen molar-refractivity contribution in [2.45, 2.75) is 32.8 Å². The summed E-state index contributed by atoms with van der Waals surface area (Å²) in [6.07, 6.45) is 7.31. The Bertz CT molecular complexity index is 751. The number of halogens is 2. The number of hydrogen-bond acceptors (Lipinski definition) is 4. The standard InChI is InChI=1S/C18H18Cl2O4/c1-10-7-14(23)24-18(3,9-10)6-4-5-11(2)15-16(19)12(21)8-13(22)17(15)20/h4-8,21-22H,9H2,1-3H3/b6-4+,11-5+. The minimum Gasteiger partial charge on any atom is -0.506 e. The van der Waals surface area contributed by atoms with E-state index < -0.39 is 5.60 Å². The molecule has 1 aromatic carbocycles. The molecule has 0 amide bonds. The van der Waals surface area contributed by atoms with Crippen LogP contribution in [0, 0.1) is 0 Å². The van der Waals surface area contributed by atoms with Gasteiger partial charge in [0.2, 0.25) is 0 Å². The van der Waals surface area contributed by atoms with E-state index in [0.29, 0.717) is 17.6 Å². The molecule has 1 unspecified atom stereocenters. The number of aromatic hydroxyl groups is 2. The third kappa shape index (κ3) is 3.94. The van der Waals surface area contributed by atoms with Crippen LogP contribution in [0.4, 0.5) is 0 Å². The molecule has 2 rings (SSSR count). The van der Waals surface area contributed by atoms with Gasteiger partial charge in [-0.1, -0.05) is 40.9 Å². The highest BCUT2D eigenvalue weighted by atomic mass is 35.5.